The number of carbonyl (C=O) groups is 2. The van der Waals surface area contributed by atoms with Gasteiger partial charge in [0.2, 0.25) is 0 Å². The molecule has 1 amide bonds. The molecule has 1 atom stereocenters. The third-order valence-electron chi connectivity index (χ3n) is 3.80. The molecule has 1 aromatic heterocycles. The van der Waals surface area contributed by atoms with Crippen LogP contribution >= 0.6 is 15.9 Å². The first-order valence-corrected chi connectivity index (χ1v) is 7.47. The molecule has 0 radical (unpaired) electrons. The number of hydrogen-bond acceptors (Lipinski definition) is 3. The zero-order valence-electron chi connectivity index (χ0n) is 11.4. The number of benzene rings is 1. The van der Waals surface area contributed by atoms with Crippen molar-refractivity contribution in [3.8, 4) is 0 Å². The largest absolute Gasteiger partial charge is 0.481 e. The van der Waals surface area contributed by atoms with Crippen LogP contribution in [-0.2, 0) is 4.79 Å². The molecule has 0 bridgehead atoms. The van der Waals surface area contributed by atoms with Gasteiger partial charge in [-0.3, -0.25) is 9.59 Å². The smallest absolute Gasteiger partial charge is 0.308 e. The lowest BCUT2D eigenvalue weighted by molar-refractivity contribution is -0.141. The Kier molecular flexibility index (Phi) is 3.49. The van der Waals surface area contributed by atoms with Crippen LogP contribution in [0.2, 0.25) is 0 Å². The molecule has 1 fully saturated rings. The highest BCUT2D eigenvalue weighted by atomic mass is 79.9. The summed E-state index contributed by atoms with van der Waals surface area (Å²) in [5.74, 6) is -1.31. The van der Waals surface area contributed by atoms with Gasteiger partial charge in [0.1, 0.15) is 5.58 Å². The molecule has 1 unspecified atom stereocenters. The number of nitrogens with zero attached hydrogens (tertiary/aromatic N) is 1. The summed E-state index contributed by atoms with van der Waals surface area (Å²) in [4.78, 5) is 24.9. The molecule has 1 aliphatic heterocycles. The fourth-order valence-electron chi connectivity index (χ4n) is 2.69. The van der Waals surface area contributed by atoms with Crippen molar-refractivity contribution < 1.29 is 19.1 Å². The van der Waals surface area contributed by atoms with Crippen LogP contribution in [0.25, 0.3) is 11.0 Å². The number of hydrogen-bond donors (Lipinski definition) is 1. The fraction of sp³-hybridized carbons (Fsp3) is 0.333. The Bertz CT molecular complexity index is 737. The van der Waals surface area contributed by atoms with E-state index in [-0.39, 0.29) is 18.2 Å². The highest BCUT2D eigenvalue weighted by molar-refractivity contribution is 9.10. The van der Waals surface area contributed by atoms with Crippen molar-refractivity contribution in [3.05, 3.63) is 34.0 Å². The van der Waals surface area contributed by atoms with Gasteiger partial charge in [0.05, 0.1) is 5.92 Å². The summed E-state index contributed by atoms with van der Waals surface area (Å²) in [6.45, 7) is 2.62. The van der Waals surface area contributed by atoms with E-state index >= 15 is 0 Å². The molecule has 0 spiro atoms. The summed E-state index contributed by atoms with van der Waals surface area (Å²) in [5, 5.41) is 9.86. The zero-order chi connectivity index (χ0) is 15.1. The SMILES string of the molecule is Cc1cc(Br)cc2cc(C(=O)N3CCC(C(=O)O)C3)oc12. The van der Waals surface area contributed by atoms with E-state index in [1.54, 1.807) is 11.0 Å². The van der Waals surface area contributed by atoms with Crippen LogP contribution in [0.5, 0.6) is 0 Å². The average Bonchev–Trinajstić information content (AvgIpc) is 3.04. The molecular formula is C15H14BrNO4. The first-order chi connectivity index (χ1) is 9.95. The molecule has 3 rings (SSSR count). The van der Waals surface area contributed by atoms with E-state index in [1.807, 2.05) is 19.1 Å². The van der Waals surface area contributed by atoms with Crippen molar-refractivity contribution in [2.45, 2.75) is 13.3 Å². The van der Waals surface area contributed by atoms with E-state index in [1.165, 1.54) is 0 Å². The molecule has 5 nitrogen and oxygen atoms in total. The third kappa shape index (κ3) is 2.55. The van der Waals surface area contributed by atoms with Crippen LogP contribution in [0.4, 0.5) is 0 Å². The summed E-state index contributed by atoms with van der Waals surface area (Å²) in [5.41, 5.74) is 1.64. The number of likely N-dealkylation sites (tertiary alicyclic amines) is 1. The molecule has 110 valence electrons. The lowest BCUT2D eigenvalue weighted by Crippen LogP contribution is -2.29. The van der Waals surface area contributed by atoms with E-state index in [4.69, 9.17) is 9.52 Å². The molecule has 1 aliphatic rings. The average molecular weight is 352 g/mol. The quantitative estimate of drug-likeness (QED) is 0.902. The topological polar surface area (TPSA) is 70.8 Å². The number of amides is 1. The van der Waals surface area contributed by atoms with Gasteiger partial charge in [0.15, 0.2) is 5.76 Å². The minimum Gasteiger partial charge on any atom is -0.481 e. The van der Waals surface area contributed by atoms with E-state index < -0.39 is 11.9 Å². The molecule has 6 heteroatoms. The number of furan rings is 1. The lowest BCUT2D eigenvalue weighted by atomic mass is 10.1. The van der Waals surface area contributed by atoms with Crippen molar-refractivity contribution in [2.24, 2.45) is 5.92 Å². The molecule has 1 aromatic carbocycles. The number of carbonyl (C=O) groups excluding carboxylic acids is 1. The lowest BCUT2D eigenvalue weighted by Gasteiger charge is -2.13. The maximum atomic E-state index is 12.4. The highest BCUT2D eigenvalue weighted by Gasteiger charge is 2.32. The van der Waals surface area contributed by atoms with Crippen LogP contribution in [-0.4, -0.2) is 35.0 Å². The highest BCUT2D eigenvalue weighted by Crippen LogP contribution is 2.28. The summed E-state index contributed by atoms with van der Waals surface area (Å²) in [7, 11) is 0. The monoisotopic (exact) mass is 351 g/mol. The van der Waals surface area contributed by atoms with E-state index in [0.717, 1.165) is 15.4 Å². The molecule has 2 aromatic rings. The molecule has 1 N–H and O–H groups in total. The predicted molar refractivity (Wildman–Crippen MR) is 80.3 cm³/mol. The molecule has 0 aliphatic carbocycles. The van der Waals surface area contributed by atoms with E-state index in [9.17, 15) is 9.59 Å². The Balaban J connectivity index is 1.89. The van der Waals surface area contributed by atoms with E-state index in [0.29, 0.717) is 18.5 Å². The zero-order valence-corrected chi connectivity index (χ0v) is 13.0. The maximum Gasteiger partial charge on any atom is 0.308 e. The molecule has 21 heavy (non-hydrogen) atoms. The molecular weight excluding hydrogens is 338 g/mol. The number of carboxylic acid groups (broad SMARTS) is 1. The Morgan fingerprint density at radius 2 is 2.14 bits per heavy atom. The number of halogens is 1. The first kappa shape index (κ1) is 14.1. The number of fused-ring (bicyclic) bond motifs is 1. The number of carboxylic acids is 1. The minimum absolute atomic E-state index is 0.244. The third-order valence-corrected chi connectivity index (χ3v) is 4.26. The summed E-state index contributed by atoms with van der Waals surface area (Å²) < 4.78 is 6.59. The van der Waals surface area contributed by atoms with Gasteiger partial charge in [-0.1, -0.05) is 15.9 Å². The summed E-state index contributed by atoms with van der Waals surface area (Å²) in [6, 6.07) is 5.53. The van der Waals surface area contributed by atoms with Crippen LogP contribution in [0, 0.1) is 12.8 Å². The molecule has 0 saturated carbocycles. The maximum absolute atomic E-state index is 12.4. The first-order valence-electron chi connectivity index (χ1n) is 6.67. The van der Waals surface area contributed by atoms with Crippen molar-refractivity contribution >= 4 is 38.8 Å². The summed E-state index contributed by atoms with van der Waals surface area (Å²) >= 11 is 3.42. The van der Waals surface area contributed by atoms with E-state index in [2.05, 4.69) is 15.9 Å². The van der Waals surface area contributed by atoms with Crippen LogP contribution in [0.15, 0.2) is 27.1 Å². The predicted octanol–water partition coefficient (Wildman–Crippen LogP) is 3.05. The summed E-state index contributed by atoms with van der Waals surface area (Å²) in [6.07, 6.45) is 0.492. The Labute approximate surface area is 129 Å². The van der Waals surface area contributed by atoms with Crippen molar-refractivity contribution in [1.29, 1.82) is 0 Å². The fourth-order valence-corrected chi connectivity index (χ4v) is 3.28. The van der Waals surface area contributed by atoms with Gasteiger partial charge in [-0.05, 0) is 37.1 Å². The van der Waals surface area contributed by atoms with Crippen molar-refractivity contribution in [3.63, 3.8) is 0 Å². The Hall–Kier alpha value is -1.82. The van der Waals surface area contributed by atoms with Crippen molar-refractivity contribution in [2.75, 3.05) is 13.1 Å². The van der Waals surface area contributed by atoms with Crippen LogP contribution < -0.4 is 0 Å². The van der Waals surface area contributed by atoms with Gasteiger partial charge in [0, 0.05) is 22.9 Å². The second-order valence-corrected chi connectivity index (χ2v) is 6.24. The van der Waals surface area contributed by atoms with Crippen molar-refractivity contribution in [1.82, 2.24) is 4.90 Å². The molecule has 2 heterocycles. The number of aliphatic carboxylic acids is 1. The Morgan fingerprint density at radius 3 is 2.81 bits per heavy atom. The van der Waals surface area contributed by atoms with Gasteiger partial charge < -0.3 is 14.4 Å². The van der Waals surface area contributed by atoms with Gasteiger partial charge in [-0.2, -0.15) is 0 Å². The minimum atomic E-state index is -0.852. The van der Waals surface area contributed by atoms with Crippen LogP contribution in [0.1, 0.15) is 22.5 Å². The number of rotatable bonds is 2. The second kappa shape index (κ2) is 5.18. The van der Waals surface area contributed by atoms with Gasteiger partial charge in [-0.15, -0.1) is 0 Å². The normalized spacial score (nSPS) is 18.4. The standard InChI is InChI=1S/C15H14BrNO4/c1-8-4-11(16)5-10-6-12(21-13(8)10)14(18)17-3-2-9(7-17)15(19)20/h4-6,9H,2-3,7H2,1H3,(H,19,20). The van der Waals surface area contributed by atoms with Gasteiger partial charge in [-0.25, -0.2) is 0 Å². The second-order valence-electron chi connectivity index (χ2n) is 5.33. The van der Waals surface area contributed by atoms with Gasteiger partial charge in [0.25, 0.3) is 5.91 Å². The molecule has 1 saturated heterocycles. The number of aryl methyl sites for hydroxylation is 1. The van der Waals surface area contributed by atoms with Crippen LogP contribution in [0.3, 0.4) is 0 Å². The van der Waals surface area contributed by atoms with Gasteiger partial charge >= 0.3 is 5.97 Å². The Morgan fingerprint density at radius 1 is 1.38 bits per heavy atom.